The Morgan fingerprint density at radius 1 is 1.52 bits per heavy atom. The van der Waals surface area contributed by atoms with Crippen molar-refractivity contribution >= 4 is 22.7 Å². The molecule has 9 heteroatoms. The SMILES string of the molecule is C=CCC1=CC(O)OC([C@@H](CCC)NC(=O)[C@]2(N)CSC(C(C)(OCC)OCC)=N2)=C1. The summed E-state index contributed by atoms with van der Waals surface area (Å²) in [5, 5.41) is 13.6. The van der Waals surface area contributed by atoms with Gasteiger partial charge in [0.2, 0.25) is 12.1 Å². The molecular formula is C22H35N3O5S. The predicted octanol–water partition coefficient (Wildman–Crippen LogP) is 2.60. The molecule has 2 aliphatic rings. The Hall–Kier alpha value is -1.65. The molecule has 3 atom stereocenters. The number of hydrogen-bond donors (Lipinski definition) is 3. The quantitative estimate of drug-likeness (QED) is 0.307. The second kappa shape index (κ2) is 11.3. The van der Waals surface area contributed by atoms with Crippen molar-refractivity contribution in [3.63, 3.8) is 0 Å². The topological polar surface area (TPSA) is 115 Å². The fourth-order valence-electron chi connectivity index (χ4n) is 3.44. The third-order valence-electron chi connectivity index (χ3n) is 4.90. The standard InChI is InChI=1S/C22H35N3O5S/c1-6-10-15-12-17(30-18(26)13-15)16(11-7-2)24-19(27)22(23)14-31-20(25-22)21(5,28-8-3)29-9-4/h6,12-13,16,18,26H,1,7-11,14,23H2,2-5H3,(H,24,27)/t16-,18?,22+/m1/s1. The summed E-state index contributed by atoms with van der Waals surface area (Å²) in [6, 6.07) is -0.435. The maximum Gasteiger partial charge on any atom is 0.264 e. The highest BCUT2D eigenvalue weighted by molar-refractivity contribution is 8.14. The lowest BCUT2D eigenvalue weighted by atomic mass is 10.0. The number of carbonyl (C=O) groups excluding carboxylic acids is 1. The van der Waals surface area contributed by atoms with Gasteiger partial charge in [-0.1, -0.05) is 19.4 Å². The van der Waals surface area contributed by atoms with Crippen molar-refractivity contribution in [3.8, 4) is 0 Å². The van der Waals surface area contributed by atoms with Crippen molar-refractivity contribution in [2.75, 3.05) is 19.0 Å². The summed E-state index contributed by atoms with van der Waals surface area (Å²) in [4.78, 5) is 17.7. The van der Waals surface area contributed by atoms with Crippen LogP contribution in [0.2, 0.25) is 0 Å². The molecule has 2 rings (SSSR count). The Bertz CT molecular complexity index is 745. The van der Waals surface area contributed by atoms with E-state index in [4.69, 9.17) is 19.9 Å². The molecule has 0 spiro atoms. The Morgan fingerprint density at radius 3 is 2.77 bits per heavy atom. The van der Waals surface area contributed by atoms with E-state index in [1.54, 1.807) is 19.1 Å². The van der Waals surface area contributed by atoms with Gasteiger partial charge in [-0.05, 0) is 51.3 Å². The first kappa shape index (κ1) is 25.6. The summed E-state index contributed by atoms with van der Waals surface area (Å²) in [6.07, 6.45) is 6.15. The zero-order valence-corrected chi connectivity index (χ0v) is 19.7. The van der Waals surface area contributed by atoms with Gasteiger partial charge in [0.1, 0.15) is 10.8 Å². The summed E-state index contributed by atoms with van der Waals surface area (Å²) >= 11 is 1.36. The number of aliphatic hydroxyl groups is 1. The van der Waals surface area contributed by atoms with Crippen LogP contribution in [-0.2, 0) is 19.0 Å². The van der Waals surface area contributed by atoms with Crippen molar-refractivity contribution in [1.82, 2.24) is 5.32 Å². The lowest BCUT2D eigenvalue weighted by Crippen LogP contribution is -2.56. The molecule has 0 radical (unpaired) electrons. The first-order chi connectivity index (χ1) is 14.7. The van der Waals surface area contributed by atoms with E-state index >= 15 is 0 Å². The molecule has 1 unspecified atom stereocenters. The van der Waals surface area contributed by atoms with Gasteiger partial charge in [0.25, 0.3) is 5.91 Å². The maximum atomic E-state index is 13.2. The molecular weight excluding hydrogens is 418 g/mol. The summed E-state index contributed by atoms with van der Waals surface area (Å²) in [7, 11) is 0. The van der Waals surface area contributed by atoms with Crippen LogP contribution in [0.15, 0.2) is 41.1 Å². The van der Waals surface area contributed by atoms with E-state index in [1.165, 1.54) is 11.8 Å². The first-order valence-electron chi connectivity index (χ1n) is 10.7. The summed E-state index contributed by atoms with van der Waals surface area (Å²) in [6.45, 7) is 12.1. The second-order valence-corrected chi connectivity index (χ2v) is 8.51. The van der Waals surface area contributed by atoms with Crippen LogP contribution >= 0.6 is 11.8 Å². The molecule has 0 saturated heterocycles. The van der Waals surface area contributed by atoms with Crippen LogP contribution < -0.4 is 11.1 Å². The molecule has 4 N–H and O–H groups in total. The van der Waals surface area contributed by atoms with Gasteiger partial charge < -0.3 is 24.6 Å². The minimum atomic E-state index is -1.45. The molecule has 0 fully saturated rings. The Labute approximate surface area is 189 Å². The van der Waals surface area contributed by atoms with Crippen LogP contribution in [0.25, 0.3) is 0 Å². The minimum absolute atomic E-state index is 0.271. The van der Waals surface area contributed by atoms with Gasteiger partial charge in [0, 0.05) is 19.0 Å². The van der Waals surface area contributed by atoms with E-state index in [9.17, 15) is 9.90 Å². The fourth-order valence-corrected chi connectivity index (χ4v) is 4.60. The van der Waals surface area contributed by atoms with E-state index in [0.717, 1.165) is 12.0 Å². The third kappa shape index (κ3) is 6.43. The van der Waals surface area contributed by atoms with Gasteiger partial charge >= 0.3 is 0 Å². The Kier molecular flexibility index (Phi) is 9.32. The van der Waals surface area contributed by atoms with E-state index in [1.807, 2.05) is 26.8 Å². The van der Waals surface area contributed by atoms with E-state index < -0.39 is 29.7 Å². The van der Waals surface area contributed by atoms with E-state index in [2.05, 4.69) is 16.9 Å². The van der Waals surface area contributed by atoms with Crippen LogP contribution in [0.5, 0.6) is 0 Å². The number of nitrogens with two attached hydrogens (primary N) is 1. The van der Waals surface area contributed by atoms with Gasteiger partial charge in [-0.3, -0.25) is 10.5 Å². The van der Waals surface area contributed by atoms with E-state index in [-0.39, 0.29) is 5.75 Å². The smallest absolute Gasteiger partial charge is 0.264 e. The van der Waals surface area contributed by atoms with Crippen molar-refractivity contribution in [2.24, 2.45) is 10.7 Å². The molecule has 0 aliphatic carbocycles. The van der Waals surface area contributed by atoms with Gasteiger partial charge in [-0.25, -0.2) is 4.99 Å². The fraction of sp³-hybridized carbons (Fsp3) is 0.636. The lowest BCUT2D eigenvalue weighted by Gasteiger charge is -2.29. The average Bonchev–Trinajstić information content (AvgIpc) is 3.12. The zero-order chi connectivity index (χ0) is 23.1. The summed E-state index contributed by atoms with van der Waals surface area (Å²) in [5.74, 6) is -0.689. The molecule has 174 valence electrons. The highest BCUT2D eigenvalue weighted by Crippen LogP contribution is 2.33. The normalized spacial score (nSPS) is 24.6. The average molecular weight is 454 g/mol. The number of ether oxygens (including phenoxy) is 3. The van der Waals surface area contributed by atoms with Crippen molar-refractivity contribution in [1.29, 1.82) is 0 Å². The molecule has 0 bridgehead atoms. The first-order valence-corrected chi connectivity index (χ1v) is 11.7. The van der Waals surface area contributed by atoms with Gasteiger partial charge in [-0.15, -0.1) is 18.3 Å². The van der Waals surface area contributed by atoms with Crippen molar-refractivity contribution < 1.29 is 24.1 Å². The summed E-state index contributed by atoms with van der Waals surface area (Å²) in [5.41, 5.74) is 5.82. The molecule has 0 aromatic rings. The van der Waals surface area contributed by atoms with Crippen LogP contribution in [0.1, 0.15) is 47.0 Å². The molecule has 0 saturated carbocycles. The molecule has 8 nitrogen and oxygen atoms in total. The van der Waals surface area contributed by atoms with Crippen LogP contribution in [0.4, 0.5) is 0 Å². The Balaban J connectivity index is 2.21. The monoisotopic (exact) mass is 453 g/mol. The van der Waals surface area contributed by atoms with Crippen LogP contribution in [0.3, 0.4) is 0 Å². The van der Waals surface area contributed by atoms with Crippen molar-refractivity contribution in [2.45, 2.75) is 70.7 Å². The van der Waals surface area contributed by atoms with E-state index in [0.29, 0.717) is 36.9 Å². The van der Waals surface area contributed by atoms with Crippen LogP contribution in [-0.4, -0.2) is 58.8 Å². The van der Waals surface area contributed by atoms with Gasteiger partial charge in [-0.2, -0.15) is 0 Å². The van der Waals surface area contributed by atoms with Gasteiger partial charge in [0.05, 0.1) is 6.04 Å². The molecule has 0 aromatic carbocycles. The summed E-state index contributed by atoms with van der Waals surface area (Å²) < 4.78 is 17.1. The molecule has 31 heavy (non-hydrogen) atoms. The number of aliphatic hydroxyl groups excluding tert-OH is 1. The number of hydrogen-bond acceptors (Lipinski definition) is 8. The molecule has 1 amide bonds. The number of rotatable bonds is 12. The molecule has 0 aromatic heterocycles. The number of amides is 1. The number of allylic oxidation sites excluding steroid dienone is 3. The number of nitrogens with zero attached hydrogens (tertiary/aromatic N) is 1. The number of nitrogens with one attached hydrogen (secondary N) is 1. The Morgan fingerprint density at radius 2 is 2.19 bits per heavy atom. The maximum absolute atomic E-state index is 13.2. The van der Waals surface area contributed by atoms with Crippen LogP contribution in [0, 0.1) is 0 Å². The highest BCUT2D eigenvalue weighted by atomic mass is 32.2. The third-order valence-corrected chi connectivity index (χ3v) is 6.22. The highest BCUT2D eigenvalue weighted by Gasteiger charge is 2.46. The van der Waals surface area contributed by atoms with Crippen molar-refractivity contribution in [3.05, 3.63) is 36.1 Å². The number of thioether (sulfide) groups is 1. The second-order valence-electron chi connectivity index (χ2n) is 7.55. The zero-order valence-electron chi connectivity index (χ0n) is 18.8. The van der Waals surface area contributed by atoms with Gasteiger partial charge in [0.15, 0.2) is 5.66 Å². The molecule has 2 aliphatic heterocycles. The minimum Gasteiger partial charge on any atom is -0.464 e. The number of aliphatic imine (C=N–C) groups is 1. The number of carbonyl (C=O) groups is 1. The lowest BCUT2D eigenvalue weighted by molar-refractivity contribution is -0.169. The predicted molar refractivity (Wildman–Crippen MR) is 123 cm³/mol. The largest absolute Gasteiger partial charge is 0.464 e. The molecule has 2 heterocycles.